The van der Waals surface area contributed by atoms with Crippen LogP contribution in [-0.2, 0) is 19.6 Å². The first-order valence-corrected chi connectivity index (χ1v) is 10.4. The number of sulfonamides is 1. The van der Waals surface area contributed by atoms with Crippen LogP contribution in [0.4, 0.5) is 0 Å². The van der Waals surface area contributed by atoms with Gasteiger partial charge in [0.05, 0.1) is 17.4 Å². The van der Waals surface area contributed by atoms with E-state index in [1.807, 2.05) is 30.3 Å². The van der Waals surface area contributed by atoms with Gasteiger partial charge >= 0.3 is 5.97 Å². The maximum absolute atomic E-state index is 12.8. The van der Waals surface area contributed by atoms with Gasteiger partial charge in [0.25, 0.3) is 0 Å². The average Bonchev–Trinajstić information content (AvgIpc) is 2.69. The molecule has 1 aliphatic heterocycles. The maximum Gasteiger partial charge on any atom is 0.309 e. The summed E-state index contributed by atoms with van der Waals surface area (Å²) in [6.45, 7) is 2.74. The molecule has 3 rings (SSSR count). The molecule has 1 fully saturated rings. The van der Waals surface area contributed by atoms with E-state index >= 15 is 0 Å². The number of para-hydroxylation sites is 1. The Hall–Kier alpha value is -2.38. The van der Waals surface area contributed by atoms with Crippen molar-refractivity contribution in [3.63, 3.8) is 0 Å². The standard InChI is InChI=1S/C20H23NO5S/c1-2-25-20(22)16-12-14-21(15-13-16)27(23,24)19-10-8-18(9-11-19)26-17-6-4-3-5-7-17/h3-11,16H,2,12-15H2,1H3. The lowest BCUT2D eigenvalue weighted by atomic mass is 9.98. The van der Waals surface area contributed by atoms with Crippen LogP contribution in [0, 0.1) is 5.92 Å². The Balaban J connectivity index is 1.64. The molecule has 0 N–H and O–H groups in total. The van der Waals surface area contributed by atoms with Crippen LogP contribution in [0.15, 0.2) is 59.5 Å². The van der Waals surface area contributed by atoms with E-state index in [0.717, 1.165) is 0 Å². The van der Waals surface area contributed by atoms with E-state index < -0.39 is 10.0 Å². The van der Waals surface area contributed by atoms with E-state index in [4.69, 9.17) is 9.47 Å². The highest BCUT2D eigenvalue weighted by atomic mass is 32.2. The summed E-state index contributed by atoms with van der Waals surface area (Å²) in [4.78, 5) is 12.0. The Labute approximate surface area is 159 Å². The van der Waals surface area contributed by atoms with Crippen LogP contribution < -0.4 is 4.74 Å². The van der Waals surface area contributed by atoms with Gasteiger partial charge in [0, 0.05) is 13.1 Å². The molecule has 0 aromatic heterocycles. The minimum Gasteiger partial charge on any atom is -0.466 e. The van der Waals surface area contributed by atoms with Crippen molar-refractivity contribution in [3.8, 4) is 11.5 Å². The first-order chi connectivity index (χ1) is 13.0. The molecule has 1 saturated heterocycles. The number of piperidine rings is 1. The summed E-state index contributed by atoms with van der Waals surface area (Å²) >= 11 is 0. The minimum absolute atomic E-state index is 0.220. The predicted octanol–water partition coefficient (Wildman–Crippen LogP) is 3.44. The van der Waals surface area contributed by atoms with Crippen molar-refractivity contribution >= 4 is 16.0 Å². The number of carbonyl (C=O) groups is 1. The fourth-order valence-corrected chi connectivity index (χ4v) is 4.52. The molecule has 0 atom stereocenters. The second kappa shape index (κ2) is 8.54. The van der Waals surface area contributed by atoms with E-state index in [-0.39, 0.29) is 16.8 Å². The van der Waals surface area contributed by atoms with Gasteiger partial charge in [-0.2, -0.15) is 4.31 Å². The van der Waals surface area contributed by atoms with Crippen molar-refractivity contribution in [1.82, 2.24) is 4.31 Å². The monoisotopic (exact) mass is 389 g/mol. The second-order valence-electron chi connectivity index (χ2n) is 6.32. The Morgan fingerprint density at radius 1 is 1.00 bits per heavy atom. The number of rotatable bonds is 6. The number of nitrogens with zero attached hydrogens (tertiary/aromatic N) is 1. The van der Waals surface area contributed by atoms with Gasteiger partial charge in [0.1, 0.15) is 11.5 Å². The van der Waals surface area contributed by atoms with E-state index in [0.29, 0.717) is 44.0 Å². The molecule has 27 heavy (non-hydrogen) atoms. The highest BCUT2D eigenvalue weighted by Crippen LogP contribution is 2.27. The molecule has 2 aromatic carbocycles. The van der Waals surface area contributed by atoms with Gasteiger partial charge in [-0.15, -0.1) is 0 Å². The summed E-state index contributed by atoms with van der Waals surface area (Å²) in [6, 6.07) is 15.7. The largest absolute Gasteiger partial charge is 0.466 e. The molecule has 0 spiro atoms. The number of hydrogen-bond acceptors (Lipinski definition) is 5. The number of esters is 1. The van der Waals surface area contributed by atoms with E-state index in [1.165, 1.54) is 4.31 Å². The van der Waals surface area contributed by atoms with E-state index in [1.54, 1.807) is 31.2 Å². The van der Waals surface area contributed by atoms with Crippen molar-refractivity contribution in [2.24, 2.45) is 5.92 Å². The lowest BCUT2D eigenvalue weighted by Gasteiger charge is -2.30. The Morgan fingerprint density at radius 2 is 1.59 bits per heavy atom. The van der Waals surface area contributed by atoms with Crippen LogP contribution >= 0.6 is 0 Å². The number of benzene rings is 2. The zero-order chi connectivity index (χ0) is 19.3. The molecule has 0 aliphatic carbocycles. The molecule has 0 unspecified atom stereocenters. The van der Waals surface area contributed by atoms with Gasteiger partial charge in [0.2, 0.25) is 10.0 Å². The fraction of sp³-hybridized carbons (Fsp3) is 0.350. The van der Waals surface area contributed by atoms with Crippen molar-refractivity contribution in [1.29, 1.82) is 0 Å². The van der Waals surface area contributed by atoms with Crippen molar-refractivity contribution < 1.29 is 22.7 Å². The quantitative estimate of drug-likeness (QED) is 0.708. The average molecular weight is 389 g/mol. The smallest absolute Gasteiger partial charge is 0.309 e. The van der Waals surface area contributed by atoms with Crippen LogP contribution in [0.3, 0.4) is 0 Å². The summed E-state index contributed by atoms with van der Waals surface area (Å²) in [6.07, 6.45) is 0.959. The third kappa shape index (κ3) is 4.67. The van der Waals surface area contributed by atoms with E-state index in [2.05, 4.69) is 0 Å². The van der Waals surface area contributed by atoms with Crippen molar-refractivity contribution in [3.05, 3.63) is 54.6 Å². The first-order valence-electron chi connectivity index (χ1n) is 9.00. The molecule has 7 heteroatoms. The summed E-state index contributed by atoms with van der Waals surface area (Å²) in [5.41, 5.74) is 0. The summed E-state index contributed by atoms with van der Waals surface area (Å²) in [7, 11) is -3.59. The summed E-state index contributed by atoms with van der Waals surface area (Å²) in [5.74, 6) is 0.797. The van der Waals surface area contributed by atoms with Gasteiger partial charge in [-0.1, -0.05) is 18.2 Å². The van der Waals surface area contributed by atoms with Crippen LogP contribution in [0.2, 0.25) is 0 Å². The normalized spacial score (nSPS) is 16.0. The van der Waals surface area contributed by atoms with Crippen molar-refractivity contribution in [2.45, 2.75) is 24.7 Å². The summed E-state index contributed by atoms with van der Waals surface area (Å²) in [5, 5.41) is 0. The van der Waals surface area contributed by atoms with Gasteiger partial charge < -0.3 is 9.47 Å². The minimum atomic E-state index is -3.59. The fourth-order valence-electron chi connectivity index (χ4n) is 3.05. The number of carbonyl (C=O) groups excluding carboxylic acids is 1. The highest BCUT2D eigenvalue weighted by molar-refractivity contribution is 7.89. The van der Waals surface area contributed by atoms with Crippen LogP contribution in [0.1, 0.15) is 19.8 Å². The topological polar surface area (TPSA) is 72.9 Å². The number of ether oxygens (including phenoxy) is 2. The Bertz CT molecular complexity index is 857. The Morgan fingerprint density at radius 3 is 2.19 bits per heavy atom. The van der Waals surface area contributed by atoms with E-state index in [9.17, 15) is 13.2 Å². The second-order valence-corrected chi connectivity index (χ2v) is 8.25. The predicted molar refractivity (Wildman–Crippen MR) is 101 cm³/mol. The third-order valence-electron chi connectivity index (χ3n) is 4.51. The molecular formula is C20H23NO5S. The molecule has 144 valence electrons. The van der Waals surface area contributed by atoms with Crippen LogP contribution in [-0.4, -0.2) is 38.4 Å². The van der Waals surface area contributed by atoms with Crippen molar-refractivity contribution in [2.75, 3.05) is 19.7 Å². The van der Waals surface area contributed by atoms with Gasteiger partial charge in [-0.3, -0.25) is 4.79 Å². The molecule has 1 heterocycles. The third-order valence-corrected chi connectivity index (χ3v) is 6.43. The molecule has 1 aliphatic rings. The van der Waals surface area contributed by atoms with Gasteiger partial charge in [-0.25, -0.2) is 8.42 Å². The Kier molecular flexibility index (Phi) is 6.13. The zero-order valence-corrected chi connectivity index (χ0v) is 16.0. The van der Waals surface area contributed by atoms with Gasteiger partial charge in [-0.05, 0) is 56.2 Å². The molecular weight excluding hydrogens is 366 g/mol. The molecule has 0 bridgehead atoms. The molecule has 6 nitrogen and oxygen atoms in total. The maximum atomic E-state index is 12.8. The molecule has 2 aromatic rings. The summed E-state index contributed by atoms with van der Waals surface area (Å²) < 4.78 is 37.8. The van der Waals surface area contributed by atoms with Gasteiger partial charge in [0.15, 0.2) is 0 Å². The number of hydrogen-bond donors (Lipinski definition) is 0. The molecule has 0 amide bonds. The molecule has 0 radical (unpaired) electrons. The SMILES string of the molecule is CCOC(=O)C1CCN(S(=O)(=O)c2ccc(Oc3ccccc3)cc2)CC1. The van der Waals surface area contributed by atoms with Crippen LogP contribution in [0.25, 0.3) is 0 Å². The van der Waals surface area contributed by atoms with Crippen LogP contribution in [0.5, 0.6) is 11.5 Å². The lowest BCUT2D eigenvalue weighted by molar-refractivity contribution is -0.149. The molecule has 0 saturated carbocycles. The zero-order valence-electron chi connectivity index (χ0n) is 15.2. The highest BCUT2D eigenvalue weighted by Gasteiger charge is 2.32. The lowest BCUT2D eigenvalue weighted by Crippen LogP contribution is -2.40. The first kappa shape index (κ1) is 19.4.